The Morgan fingerprint density at radius 1 is 0.976 bits per heavy atom. The number of anilines is 1. The van der Waals surface area contributed by atoms with Crippen molar-refractivity contribution in [2.45, 2.75) is 58.0 Å². The molecule has 0 aromatic heterocycles. The first-order chi connectivity index (χ1) is 19.6. The topological polar surface area (TPSA) is 96.0 Å². The molecular formula is C31H38BrN3O5S. The van der Waals surface area contributed by atoms with Crippen molar-refractivity contribution in [3.05, 3.63) is 88.4 Å². The van der Waals surface area contributed by atoms with Crippen molar-refractivity contribution in [3.63, 3.8) is 0 Å². The number of rotatable bonds is 14. The summed E-state index contributed by atoms with van der Waals surface area (Å²) in [4.78, 5) is 28.8. The van der Waals surface area contributed by atoms with Gasteiger partial charge in [0, 0.05) is 17.6 Å². The van der Waals surface area contributed by atoms with Crippen LogP contribution in [0.15, 0.2) is 82.2 Å². The van der Waals surface area contributed by atoms with Crippen LogP contribution in [0, 0.1) is 6.92 Å². The van der Waals surface area contributed by atoms with Gasteiger partial charge >= 0.3 is 0 Å². The van der Waals surface area contributed by atoms with Crippen molar-refractivity contribution in [2.24, 2.45) is 0 Å². The van der Waals surface area contributed by atoms with Gasteiger partial charge in [0.15, 0.2) is 0 Å². The van der Waals surface area contributed by atoms with Crippen LogP contribution in [-0.2, 0) is 26.2 Å². The lowest BCUT2D eigenvalue weighted by Gasteiger charge is -2.33. The molecule has 0 heterocycles. The zero-order chi connectivity index (χ0) is 30.0. The Labute approximate surface area is 251 Å². The highest BCUT2D eigenvalue weighted by Gasteiger charge is 2.33. The maximum atomic E-state index is 14.1. The molecule has 3 aromatic carbocycles. The second-order valence-corrected chi connectivity index (χ2v) is 12.4. The van der Waals surface area contributed by atoms with E-state index in [4.69, 9.17) is 4.74 Å². The summed E-state index contributed by atoms with van der Waals surface area (Å²) in [5.74, 6) is -0.165. The van der Waals surface area contributed by atoms with Crippen LogP contribution in [0.25, 0.3) is 0 Å². The molecule has 0 unspecified atom stereocenters. The van der Waals surface area contributed by atoms with Gasteiger partial charge < -0.3 is 15.0 Å². The van der Waals surface area contributed by atoms with Crippen molar-refractivity contribution in [1.29, 1.82) is 0 Å². The van der Waals surface area contributed by atoms with Gasteiger partial charge in [-0.25, -0.2) is 8.42 Å². The van der Waals surface area contributed by atoms with Gasteiger partial charge in [-0.3, -0.25) is 13.9 Å². The lowest BCUT2D eigenvalue weighted by molar-refractivity contribution is -0.140. The second-order valence-electron chi connectivity index (χ2n) is 9.62. The number of carbonyl (C=O) groups is 2. The molecule has 2 amide bonds. The first kappa shape index (κ1) is 32.1. The summed E-state index contributed by atoms with van der Waals surface area (Å²) in [6, 6.07) is 19.8. The smallest absolute Gasteiger partial charge is 0.264 e. The number of nitrogens with one attached hydrogen (secondary N) is 1. The van der Waals surface area contributed by atoms with Gasteiger partial charge in [-0.1, -0.05) is 59.6 Å². The molecule has 0 aliphatic carbocycles. The SMILES string of the molecule is CCCNC(=O)[C@H](CC)N(Cc1cccc(C)c1)C(=O)CN(c1ccc(OCC)cc1)S(=O)(=O)c1ccc(Br)cc1. The molecule has 0 aliphatic heterocycles. The van der Waals surface area contributed by atoms with Crippen molar-refractivity contribution in [1.82, 2.24) is 10.2 Å². The van der Waals surface area contributed by atoms with Gasteiger partial charge in [0.1, 0.15) is 18.3 Å². The summed E-state index contributed by atoms with van der Waals surface area (Å²) in [5.41, 5.74) is 2.18. The highest BCUT2D eigenvalue weighted by atomic mass is 79.9. The summed E-state index contributed by atoms with van der Waals surface area (Å²) in [6.45, 7) is 8.24. The third-order valence-electron chi connectivity index (χ3n) is 6.49. The number of halogens is 1. The number of amides is 2. The highest BCUT2D eigenvalue weighted by molar-refractivity contribution is 9.10. The zero-order valence-corrected chi connectivity index (χ0v) is 26.4. The minimum Gasteiger partial charge on any atom is -0.494 e. The van der Waals surface area contributed by atoms with E-state index in [0.717, 1.165) is 26.3 Å². The van der Waals surface area contributed by atoms with Crippen molar-refractivity contribution < 1.29 is 22.7 Å². The number of ether oxygens (including phenoxy) is 1. The van der Waals surface area contributed by atoms with E-state index in [2.05, 4.69) is 21.2 Å². The first-order valence-electron chi connectivity index (χ1n) is 13.7. The normalized spacial score (nSPS) is 11.9. The maximum Gasteiger partial charge on any atom is 0.264 e. The monoisotopic (exact) mass is 643 g/mol. The summed E-state index contributed by atoms with van der Waals surface area (Å²) in [6.07, 6.45) is 1.13. The van der Waals surface area contributed by atoms with E-state index in [1.54, 1.807) is 36.4 Å². The van der Waals surface area contributed by atoms with Crippen molar-refractivity contribution in [3.8, 4) is 5.75 Å². The van der Waals surface area contributed by atoms with E-state index < -0.39 is 28.5 Å². The van der Waals surface area contributed by atoms with E-state index in [1.165, 1.54) is 17.0 Å². The van der Waals surface area contributed by atoms with Crippen LogP contribution in [-0.4, -0.2) is 50.9 Å². The number of nitrogens with zero attached hydrogens (tertiary/aromatic N) is 2. The van der Waals surface area contributed by atoms with Gasteiger partial charge in [0.25, 0.3) is 10.0 Å². The molecular weight excluding hydrogens is 606 g/mol. The predicted molar refractivity (Wildman–Crippen MR) is 165 cm³/mol. The minimum absolute atomic E-state index is 0.0420. The fraction of sp³-hybridized carbons (Fsp3) is 0.355. The largest absolute Gasteiger partial charge is 0.494 e. The Morgan fingerprint density at radius 2 is 1.66 bits per heavy atom. The van der Waals surface area contributed by atoms with Crippen LogP contribution >= 0.6 is 15.9 Å². The zero-order valence-electron chi connectivity index (χ0n) is 24.0. The average molecular weight is 645 g/mol. The number of aryl methyl sites for hydroxylation is 1. The highest BCUT2D eigenvalue weighted by Crippen LogP contribution is 2.27. The third kappa shape index (κ3) is 8.56. The molecule has 8 nitrogen and oxygen atoms in total. The molecule has 1 atom stereocenters. The summed E-state index contributed by atoms with van der Waals surface area (Å²) >= 11 is 3.35. The van der Waals surface area contributed by atoms with Gasteiger partial charge in [0.05, 0.1) is 17.2 Å². The molecule has 3 rings (SSSR count). The Hall–Kier alpha value is -3.37. The summed E-state index contributed by atoms with van der Waals surface area (Å²) < 4.78 is 35.3. The van der Waals surface area contributed by atoms with E-state index >= 15 is 0 Å². The van der Waals surface area contributed by atoms with Crippen LogP contribution in [0.4, 0.5) is 5.69 Å². The Bertz CT molecular complexity index is 1410. The molecule has 220 valence electrons. The third-order valence-corrected chi connectivity index (χ3v) is 8.80. The Kier molecular flexibility index (Phi) is 11.8. The molecule has 1 N–H and O–H groups in total. The second kappa shape index (κ2) is 15.0. The number of hydrogen-bond acceptors (Lipinski definition) is 5. The molecule has 10 heteroatoms. The van der Waals surface area contributed by atoms with Crippen LogP contribution in [0.1, 0.15) is 44.7 Å². The minimum atomic E-state index is -4.15. The van der Waals surface area contributed by atoms with Gasteiger partial charge in [-0.15, -0.1) is 0 Å². The molecule has 0 aliphatic rings. The Morgan fingerprint density at radius 3 is 2.24 bits per heavy atom. The fourth-order valence-corrected chi connectivity index (χ4v) is 6.11. The molecule has 0 saturated carbocycles. The molecule has 0 radical (unpaired) electrons. The van der Waals surface area contributed by atoms with Crippen LogP contribution in [0.2, 0.25) is 0 Å². The quantitative estimate of drug-likeness (QED) is 0.244. The number of carbonyl (C=O) groups excluding carboxylic acids is 2. The molecule has 3 aromatic rings. The van der Waals surface area contributed by atoms with Gasteiger partial charge in [-0.05, 0) is 80.8 Å². The molecule has 0 fully saturated rings. The lowest BCUT2D eigenvalue weighted by atomic mass is 10.1. The summed E-state index contributed by atoms with van der Waals surface area (Å²) in [7, 11) is -4.15. The van der Waals surface area contributed by atoms with Crippen LogP contribution < -0.4 is 14.4 Å². The molecule has 41 heavy (non-hydrogen) atoms. The van der Waals surface area contributed by atoms with Crippen LogP contribution in [0.3, 0.4) is 0 Å². The molecule has 0 bridgehead atoms. The van der Waals surface area contributed by atoms with E-state index in [1.807, 2.05) is 52.0 Å². The van der Waals surface area contributed by atoms with Crippen molar-refractivity contribution >= 4 is 43.5 Å². The van der Waals surface area contributed by atoms with E-state index in [0.29, 0.717) is 31.0 Å². The number of benzene rings is 3. The maximum absolute atomic E-state index is 14.1. The average Bonchev–Trinajstić information content (AvgIpc) is 2.95. The predicted octanol–water partition coefficient (Wildman–Crippen LogP) is 5.69. The summed E-state index contributed by atoms with van der Waals surface area (Å²) in [5, 5.41) is 2.90. The van der Waals surface area contributed by atoms with E-state index in [-0.39, 0.29) is 17.3 Å². The molecule has 0 spiro atoms. The van der Waals surface area contributed by atoms with Crippen LogP contribution in [0.5, 0.6) is 5.75 Å². The number of sulfonamides is 1. The fourth-order valence-electron chi connectivity index (χ4n) is 4.43. The van der Waals surface area contributed by atoms with Gasteiger partial charge in [-0.2, -0.15) is 0 Å². The molecule has 0 saturated heterocycles. The number of hydrogen-bond donors (Lipinski definition) is 1. The Balaban J connectivity index is 2.05. The standard InChI is InChI=1S/C31H38BrN3O5S/c1-5-19-33-31(37)29(6-2)34(21-24-10-8-9-23(4)20-24)30(36)22-35(26-13-15-27(16-14-26)40-7-3)41(38,39)28-17-11-25(32)12-18-28/h8-18,20,29H,5-7,19,21-22H2,1-4H3,(H,33,37)/t29-/m0/s1. The van der Waals surface area contributed by atoms with Crippen molar-refractivity contribution in [2.75, 3.05) is 24.0 Å². The first-order valence-corrected chi connectivity index (χ1v) is 16.0. The lowest BCUT2D eigenvalue weighted by Crippen LogP contribution is -2.52. The van der Waals surface area contributed by atoms with Gasteiger partial charge in [0.2, 0.25) is 11.8 Å². The van der Waals surface area contributed by atoms with E-state index in [9.17, 15) is 18.0 Å².